The molecule has 1 N–H and O–H groups in total. The maximum absolute atomic E-state index is 10.6. The average molecular weight is 150 g/mol. The van der Waals surface area contributed by atoms with E-state index >= 15 is 0 Å². The van der Waals surface area contributed by atoms with E-state index in [0.717, 1.165) is 19.4 Å². The molecule has 3 nitrogen and oxygen atoms in total. The topological polar surface area (TPSA) is 38.3 Å². The first-order chi connectivity index (χ1) is 4.34. The molecule has 0 radical (unpaired) electrons. The second-order valence-electron chi connectivity index (χ2n) is 2.05. The monoisotopic (exact) mass is 149 g/mol. The molecule has 1 aliphatic heterocycles. The lowest BCUT2D eigenvalue weighted by molar-refractivity contribution is -0.135. The van der Waals surface area contributed by atoms with Crippen LogP contribution in [0.4, 0.5) is 0 Å². The third-order valence-corrected chi connectivity index (χ3v) is 1.57. The third kappa shape index (κ3) is 1.56. The van der Waals surface area contributed by atoms with Gasteiger partial charge in [0, 0.05) is 0 Å². The highest BCUT2D eigenvalue weighted by Gasteiger charge is 2.22. The molecule has 1 saturated heterocycles. The first kappa shape index (κ1) is 6.83. The molecule has 1 aliphatic rings. The van der Waals surface area contributed by atoms with Gasteiger partial charge in [0.2, 0.25) is 0 Å². The Hall–Kier alpha value is -0.280. The van der Waals surface area contributed by atoms with Gasteiger partial charge in [-0.1, -0.05) is 0 Å². The number of hydrogen-bond donors (Lipinski definition) is 1. The fourth-order valence-corrected chi connectivity index (χ4v) is 1.05. The van der Waals surface area contributed by atoms with Crippen molar-refractivity contribution in [3.05, 3.63) is 0 Å². The summed E-state index contributed by atoms with van der Waals surface area (Å²) in [4.78, 5) is 10.6. The summed E-state index contributed by atoms with van der Waals surface area (Å²) in [6, 6.07) is -0.164. The summed E-state index contributed by atoms with van der Waals surface area (Å²) in [6.45, 7) is 0.886. The van der Waals surface area contributed by atoms with Crippen LogP contribution >= 0.6 is 11.9 Å². The highest BCUT2D eigenvalue weighted by Crippen LogP contribution is 2.06. The van der Waals surface area contributed by atoms with Gasteiger partial charge in [-0.25, -0.2) is 4.79 Å². The summed E-state index contributed by atoms with van der Waals surface area (Å²) >= 11 is 4.84. The largest absolute Gasteiger partial charge is 0.346 e. The summed E-state index contributed by atoms with van der Waals surface area (Å²) in [7, 11) is 0. The standard InChI is InChI=1S/C5H8ClNO2/c6-9-5(8)4-2-1-3-7-4/h4,7H,1-3H2/t4-/m0/s1. The van der Waals surface area contributed by atoms with Crippen LogP contribution in [0.3, 0.4) is 0 Å². The fraction of sp³-hybridized carbons (Fsp3) is 0.800. The highest BCUT2D eigenvalue weighted by atomic mass is 35.5. The fourth-order valence-electron chi connectivity index (χ4n) is 0.939. The molecule has 0 bridgehead atoms. The number of hydrogen-bond acceptors (Lipinski definition) is 3. The number of nitrogens with one attached hydrogen (secondary N) is 1. The summed E-state index contributed by atoms with van der Waals surface area (Å²) in [6.07, 6.45) is 1.86. The van der Waals surface area contributed by atoms with Gasteiger partial charge in [-0.15, -0.1) is 0 Å². The Morgan fingerprint density at radius 1 is 1.78 bits per heavy atom. The van der Waals surface area contributed by atoms with E-state index in [0.29, 0.717) is 0 Å². The number of carbonyl (C=O) groups is 1. The summed E-state index contributed by atoms with van der Waals surface area (Å²) in [5.41, 5.74) is 0. The molecular formula is C5H8ClNO2. The van der Waals surface area contributed by atoms with Crippen molar-refractivity contribution >= 4 is 17.8 Å². The molecule has 1 heterocycles. The van der Waals surface area contributed by atoms with E-state index in [9.17, 15) is 4.79 Å². The molecule has 0 spiro atoms. The van der Waals surface area contributed by atoms with E-state index in [2.05, 4.69) is 9.61 Å². The lowest BCUT2D eigenvalue weighted by Gasteiger charge is -2.02. The zero-order valence-corrected chi connectivity index (χ0v) is 5.65. The van der Waals surface area contributed by atoms with Crippen molar-refractivity contribution in [3.63, 3.8) is 0 Å². The second-order valence-corrected chi connectivity index (χ2v) is 2.20. The van der Waals surface area contributed by atoms with Crippen LogP contribution in [-0.4, -0.2) is 18.6 Å². The third-order valence-electron chi connectivity index (χ3n) is 1.42. The Morgan fingerprint density at radius 3 is 3.00 bits per heavy atom. The maximum Gasteiger partial charge on any atom is 0.341 e. The first-order valence-corrected chi connectivity index (χ1v) is 3.21. The molecule has 0 aromatic carbocycles. The zero-order valence-electron chi connectivity index (χ0n) is 4.89. The van der Waals surface area contributed by atoms with Crippen molar-refractivity contribution in [1.29, 1.82) is 0 Å². The van der Waals surface area contributed by atoms with Crippen LogP contribution in [-0.2, 0) is 9.08 Å². The highest BCUT2D eigenvalue weighted by molar-refractivity contribution is 6.13. The van der Waals surface area contributed by atoms with Gasteiger partial charge < -0.3 is 9.61 Å². The minimum atomic E-state index is -0.367. The van der Waals surface area contributed by atoms with Crippen LogP contribution in [0.2, 0.25) is 0 Å². The van der Waals surface area contributed by atoms with Crippen LogP contribution in [0.15, 0.2) is 0 Å². The lowest BCUT2D eigenvalue weighted by Crippen LogP contribution is -2.30. The molecule has 9 heavy (non-hydrogen) atoms. The van der Waals surface area contributed by atoms with Crippen LogP contribution in [0.25, 0.3) is 0 Å². The Morgan fingerprint density at radius 2 is 2.56 bits per heavy atom. The van der Waals surface area contributed by atoms with E-state index in [-0.39, 0.29) is 12.0 Å². The van der Waals surface area contributed by atoms with Gasteiger partial charge >= 0.3 is 5.97 Å². The van der Waals surface area contributed by atoms with Gasteiger partial charge in [-0.2, -0.15) is 0 Å². The van der Waals surface area contributed by atoms with Crippen molar-refractivity contribution < 1.29 is 9.08 Å². The Balaban J connectivity index is 2.32. The maximum atomic E-state index is 10.6. The molecule has 0 unspecified atom stereocenters. The van der Waals surface area contributed by atoms with E-state index in [1.165, 1.54) is 0 Å². The van der Waals surface area contributed by atoms with Crippen molar-refractivity contribution in [2.75, 3.05) is 6.54 Å². The second kappa shape index (κ2) is 3.03. The summed E-state index contributed by atoms with van der Waals surface area (Å²) in [5.74, 6) is -0.367. The zero-order chi connectivity index (χ0) is 6.69. The minimum Gasteiger partial charge on any atom is -0.346 e. The van der Waals surface area contributed by atoms with E-state index in [1.807, 2.05) is 0 Å². The summed E-state index contributed by atoms with van der Waals surface area (Å²) in [5, 5.41) is 2.95. The minimum absolute atomic E-state index is 0.164. The number of carbonyl (C=O) groups excluding carboxylic acids is 1. The molecule has 0 saturated carbocycles. The van der Waals surface area contributed by atoms with Crippen molar-refractivity contribution in [1.82, 2.24) is 5.32 Å². The van der Waals surface area contributed by atoms with Gasteiger partial charge in [0.15, 0.2) is 0 Å². The first-order valence-electron chi connectivity index (χ1n) is 2.90. The Bertz CT molecular complexity index is 112. The Kier molecular flexibility index (Phi) is 2.30. The van der Waals surface area contributed by atoms with Crippen LogP contribution < -0.4 is 5.32 Å². The molecule has 1 fully saturated rings. The molecule has 0 aliphatic carbocycles. The predicted molar refractivity (Wildman–Crippen MR) is 33.0 cm³/mol. The molecule has 0 aromatic rings. The van der Waals surface area contributed by atoms with Gasteiger partial charge in [0.05, 0.1) is 0 Å². The van der Waals surface area contributed by atoms with Crippen LogP contribution in [0.5, 0.6) is 0 Å². The van der Waals surface area contributed by atoms with Gasteiger partial charge in [0.1, 0.15) is 17.9 Å². The molecule has 4 heteroatoms. The van der Waals surface area contributed by atoms with Crippen LogP contribution in [0, 0.1) is 0 Å². The van der Waals surface area contributed by atoms with Gasteiger partial charge in [-0.05, 0) is 19.4 Å². The van der Waals surface area contributed by atoms with Crippen molar-refractivity contribution in [3.8, 4) is 0 Å². The van der Waals surface area contributed by atoms with E-state index in [4.69, 9.17) is 11.9 Å². The Labute approximate surface area is 58.5 Å². The average Bonchev–Trinajstić information content (AvgIpc) is 2.37. The molecule has 52 valence electrons. The smallest absolute Gasteiger partial charge is 0.341 e. The SMILES string of the molecule is O=C(OCl)[C@@H]1CCCN1. The number of rotatable bonds is 1. The van der Waals surface area contributed by atoms with Crippen LogP contribution in [0.1, 0.15) is 12.8 Å². The quantitative estimate of drug-likeness (QED) is 0.588. The number of halogens is 1. The molecule has 0 amide bonds. The van der Waals surface area contributed by atoms with Crippen molar-refractivity contribution in [2.45, 2.75) is 18.9 Å². The van der Waals surface area contributed by atoms with E-state index in [1.54, 1.807) is 0 Å². The molecule has 1 atom stereocenters. The lowest BCUT2D eigenvalue weighted by atomic mass is 10.2. The van der Waals surface area contributed by atoms with Gasteiger partial charge in [-0.3, -0.25) is 0 Å². The normalized spacial score (nSPS) is 26.1. The van der Waals surface area contributed by atoms with Gasteiger partial charge in [0.25, 0.3) is 0 Å². The summed E-state index contributed by atoms with van der Waals surface area (Å²) < 4.78 is 4.00. The molecule has 0 aromatic heterocycles. The predicted octanol–water partition coefficient (Wildman–Crippen LogP) is 0.435. The molecular weight excluding hydrogens is 142 g/mol. The van der Waals surface area contributed by atoms with E-state index < -0.39 is 0 Å². The molecule has 1 rings (SSSR count). The van der Waals surface area contributed by atoms with Crippen molar-refractivity contribution in [2.24, 2.45) is 0 Å².